The average Bonchev–Trinajstić information content (AvgIpc) is 2.75. The molecule has 0 unspecified atom stereocenters. The number of hydrogen-bond acceptors (Lipinski definition) is 2. The first-order valence-electron chi connectivity index (χ1n) is 6.40. The van der Waals surface area contributed by atoms with Gasteiger partial charge in [0.05, 0.1) is 10.2 Å². The number of fused-ring (bicyclic) bond motifs is 1. The molecule has 4 heteroatoms. The van der Waals surface area contributed by atoms with Crippen molar-refractivity contribution < 1.29 is 4.79 Å². The number of carbonyl (C=O) groups excluding carboxylic acids is 1. The number of para-hydroxylation sites is 1. The summed E-state index contributed by atoms with van der Waals surface area (Å²) in [6.07, 6.45) is 1.45. The van der Waals surface area contributed by atoms with E-state index in [1.54, 1.807) is 11.3 Å². The van der Waals surface area contributed by atoms with Crippen molar-refractivity contribution in [2.45, 2.75) is 40.2 Å². The number of carbonyl (C=O) groups is 1. The third-order valence-electron chi connectivity index (χ3n) is 3.00. The van der Waals surface area contributed by atoms with Crippen molar-refractivity contribution in [2.75, 3.05) is 0 Å². The van der Waals surface area contributed by atoms with E-state index in [9.17, 15) is 4.79 Å². The minimum Gasteiger partial charge on any atom is -0.316 e. The van der Waals surface area contributed by atoms with E-state index in [-0.39, 0.29) is 5.91 Å². The molecule has 0 radical (unpaired) electrons. The van der Waals surface area contributed by atoms with Crippen molar-refractivity contribution >= 4 is 27.5 Å². The van der Waals surface area contributed by atoms with Gasteiger partial charge in [-0.25, -0.2) is 0 Å². The second kappa shape index (κ2) is 5.48. The highest BCUT2D eigenvalue weighted by Crippen LogP contribution is 2.21. The molecule has 0 spiro atoms. The van der Waals surface area contributed by atoms with Crippen molar-refractivity contribution in [1.29, 1.82) is 0 Å². The number of benzene rings is 1. The summed E-state index contributed by atoms with van der Waals surface area (Å²) in [5.74, 6) is -0.0539. The molecule has 0 aliphatic heterocycles. The molecule has 1 aromatic heterocycles. The Hall–Kier alpha value is -1.42. The van der Waals surface area contributed by atoms with Gasteiger partial charge in [0.1, 0.15) is 0 Å². The van der Waals surface area contributed by atoms with Gasteiger partial charge in [0, 0.05) is 13.0 Å². The standard InChI is InChI=1S/C14H18N2OS/c1-4-10-8-7-9-11-13(10)16(6-3)14(18-11)15-12(17)5-2/h7-9H,4-6H2,1-3H3. The number of nitrogens with zero attached hydrogens (tertiary/aromatic N) is 2. The van der Waals surface area contributed by atoms with Crippen LogP contribution >= 0.6 is 11.3 Å². The van der Waals surface area contributed by atoms with Crippen LogP contribution in [0.5, 0.6) is 0 Å². The molecule has 0 saturated carbocycles. The first-order chi connectivity index (χ1) is 8.71. The predicted octanol–water partition coefficient (Wildman–Crippen LogP) is 3.12. The van der Waals surface area contributed by atoms with E-state index >= 15 is 0 Å². The summed E-state index contributed by atoms with van der Waals surface area (Å²) in [6.45, 7) is 6.92. The van der Waals surface area contributed by atoms with E-state index in [4.69, 9.17) is 0 Å². The van der Waals surface area contributed by atoms with Gasteiger partial charge in [0.15, 0.2) is 4.80 Å². The van der Waals surface area contributed by atoms with Gasteiger partial charge in [0.25, 0.3) is 0 Å². The Morgan fingerprint density at radius 3 is 2.72 bits per heavy atom. The zero-order chi connectivity index (χ0) is 13.1. The molecule has 0 fully saturated rings. The Balaban J connectivity index is 2.77. The second-order valence-electron chi connectivity index (χ2n) is 4.11. The van der Waals surface area contributed by atoms with Gasteiger partial charge in [-0.15, -0.1) is 0 Å². The van der Waals surface area contributed by atoms with Crippen LogP contribution in [0.1, 0.15) is 32.8 Å². The van der Waals surface area contributed by atoms with Crippen molar-refractivity contribution in [3.8, 4) is 0 Å². The number of amides is 1. The average molecular weight is 262 g/mol. The number of aryl methyl sites for hydroxylation is 2. The first kappa shape index (κ1) is 13.0. The number of hydrogen-bond donors (Lipinski definition) is 0. The lowest BCUT2D eigenvalue weighted by Gasteiger charge is -2.04. The third-order valence-corrected chi connectivity index (χ3v) is 4.05. The Morgan fingerprint density at radius 2 is 2.11 bits per heavy atom. The van der Waals surface area contributed by atoms with Crippen LogP contribution in [0.2, 0.25) is 0 Å². The van der Waals surface area contributed by atoms with Crippen molar-refractivity contribution in [1.82, 2.24) is 4.57 Å². The molecule has 1 aromatic carbocycles. The Bertz CT molecular complexity index is 637. The fraction of sp³-hybridized carbons (Fsp3) is 0.429. The lowest BCUT2D eigenvalue weighted by molar-refractivity contribution is -0.117. The molecule has 0 aliphatic rings. The van der Waals surface area contributed by atoms with Gasteiger partial charge in [-0.1, -0.05) is 37.3 Å². The Labute approximate surface area is 111 Å². The molecule has 0 N–H and O–H groups in total. The third kappa shape index (κ3) is 2.25. The van der Waals surface area contributed by atoms with E-state index < -0.39 is 0 Å². The monoisotopic (exact) mass is 262 g/mol. The van der Waals surface area contributed by atoms with Gasteiger partial charge in [-0.05, 0) is 25.0 Å². The fourth-order valence-electron chi connectivity index (χ4n) is 2.05. The van der Waals surface area contributed by atoms with Crippen LogP contribution in [-0.4, -0.2) is 10.5 Å². The molecule has 18 heavy (non-hydrogen) atoms. The molecule has 0 bridgehead atoms. The van der Waals surface area contributed by atoms with Crippen LogP contribution in [0, 0.1) is 0 Å². The summed E-state index contributed by atoms with van der Waals surface area (Å²) < 4.78 is 3.35. The van der Waals surface area contributed by atoms with E-state index in [1.165, 1.54) is 15.8 Å². The van der Waals surface area contributed by atoms with Crippen LogP contribution in [0.15, 0.2) is 23.2 Å². The molecule has 0 aliphatic carbocycles. The molecule has 1 amide bonds. The largest absolute Gasteiger partial charge is 0.316 e. The molecular formula is C14H18N2OS. The normalized spacial score (nSPS) is 12.3. The summed E-state index contributed by atoms with van der Waals surface area (Å²) in [6, 6.07) is 6.32. The maximum Gasteiger partial charge on any atom is 0.248 e. The quantitative estimate of drug-likeness (QED) is 0.837. The lowest BCUT2D eigenvalue weighted by Crippen LogP contribution is -2.16. The molecule has 0 atom stereocenters. The van der Waals surface area contributed by atoms with Crippen LogP contribution in [0.3, 0.4) is 0 Å². The van der Waals surface area contributed by atoms with Crippen molar-refractivity contribution in [3.63, 3.8) is 0 Å². The van der Waals surface area contributed by atoms with Gasteiger partial charge >= 0.3 is 0 Å². The highest BCUT2D eigenvalue weighted by Gasteiger charge is 2.09. The molecule has 2 rings (SSSR count). The maximum atomic E-state index is 11.5. The van der Waals surface area contributed by atoms with Gasteiger partial charge < -0.3 is 4.57 Å². The van der Waals surface area contributed by atoms with Gasteiger partial charge in [-0.3, -0.25) is 4.79 Å². The fourth-order valence-corrected chi connectivity index (χ4v) is 3.21. The molecule has 96 valence electrons. The summed E-state index contributed by atoms with van der Waals surface area (Å²) in [4.78, 5) is 16.5. The zero-order valence-corrected chi connectivity index (χ0v) is 11.9. The van der Waals surface area contributed by atoms with E-state index in [0.29, 0.717) is 6.42 Å². The van der Waals surface area contributed by atoms with Crippen molar-refractivity contribution in [3.05, 3.63) is 28.6 Å². The summed E-state index contributed by atoms with van der Waals surface area (Å²) in [5, 5.41) is 0. The lowest BCUT2D eigenvalue weighted by atomic mass is 10.1. The number of thiazole rings is 1. The summed E-state index contributed by atoms with van der Waals surface area (Å²) >= 11 is 1.60. The number of aromatic nitrogens is 1. The van der Waals surface area contributed by atoms with Gasteiger partial charge in [-0.2, -0.15) is 4.99 Å². The highest BCUT2D eigenvalue weighted by molar-refractivity contribution is 7.16. The molecule has 1 heterocycles. The van der Waals surface area contributed by atoms with Crippen LogP contribution in [0.4, 0.5) is 0 Å². The van der Waals surface area contributed by atoms with Crippen molar-refractivity contribution in [2.24, 2.45) is 4.99 Å². The Kier molecular flexibility index (Phi) is 3.97. The van der Waals surface area contributed by atoms with Gasteiger partial charge in [0.2, 0.25) is 5.91 Å². The number of rotatable bonds is 3. The molecule has 3 nitrogen and oxygen atoms in total. The summed E-state index contributed by atoms with van der Waals surface area (Å²) in [7, 11) is 0. The highest BCUT2D eigenvalue weighted by atomic mass is 32.1. The minimum absolute atomic E-state index is 0.0539. The molecule has 0 saturated heterocycles. The molecular weight excluding hydrogens is 244 g/mol. The topological polar surface area (TPSA) is 34.4 Å². The van der Waals surface area contributed by atoms with Crippen LogP contribution in [0.25, 0.3) is 10.2 Å². The summed E-state index contributed by atoms with van der Waals surface area (Å²) in [5.41, 5.74) is 2.55. The minimum atomic E-state index is -0.0539. The van der Waals surface area contributed by atoms with E-state index in [2.05, 4.69) is 41.6 Å². The van der Waals surface area contributed by atoms with Crippen LogP contribution < -0.4 is 4.80 Å². The first-order valence-corrected chi connectivity index (χ1v) is 7.21. The maximum absolute atomic E-state index is 11.5. The zero-order valence-electron chi connectivity index (χ0n) is 11.1. The second-order valence-corrected chi connectivity index (χ2v) is 5.11. The molecule has 2 aromatic rings. The smallest absolute Gasteiger partial charge is 0.248 e. The Morgan fingerprint density at radius 1 is 1.33 bits per heavy atom. The predicted molar refractivity (Wildman–Crippen MR) is 75.7 cm³/mol. The SMILES string of the molecule is CCC(=O)N=c1sc2cccc(CC)c2n1CC. The van der Waals surface area contributed by atoms with E-state index in [0.717, 1.165) is 17.8 Å². The van der Waals surface area contributed by atoms with E-state index in [1.807, 2.05) is 6.92 Å². The van der Waals surface area contributed by atoms with Crippen LogP contribution in [-0.2, 0) is 17.8 Å².